The molecule has 3 aromatic rings. The van der Waals surface area contributed by atoms with Gasteiger partial charge in [0, 0.05) is 27.2 Å². The molecule has 0 saturated heterocycles. The highest BCUT2D eigenvalue weighted by Crippen LogP contribution is 2.34. The highest BCUT2D eigenvalue weighted by molar-refractivity contribution is 7.14. The molecule has 0 saturated carbocycles. The van der Waals surface area contributed by atoms with Crippen molar-refractivity contribution in [1.29, 1.82) is 0 Å². The fourth-order valence-corrected chi connectivity index (χ4v) is 2.98. The van der Waals surface area contributed by atoms with Crippen LogP contribution in [0.3, 0.4) is 0 Å². The van der Waals surface area contributed by atoms with E-state index in [1.54, 1.807) is 30.3 Å². The number of hydrogen-bond acceptors (Lipinski definition) is 5. The molecule has 0 amide bonds. The van der Waals surface area contributed by atoms with E-state index in [4.69, 9.17) is 11.6 Å². The molecular formula is C17H13ClN2O2S. The van der Waals surface area contributed by atoms with Crippen molar-refractivity contribution in [2.24, 2.45) is 0 Å². The number of nitrogens with one attached hydrogen (secondary N) is 1. The van der Waals surface area contributed by atoms with Crippen molar-refractivity contribution in [3.05, 3.63) is 58.4 Å². The summed E-state index contributed by atoms with van der Waals surface area (Å²) in [6.07, 6.45) is 0. The monoisotopic (exact) mass is 344 g/mol. The minimum Gasteiger partial charge on any atom is -0.507 e. The van der Waals surface area contributed by atoms with Crippen LogP contribution in [0.4, 0.5) is 10.8 Å². The van der Waals surface area contributed by atoms with Gasteiger partial charge in [-0.3, -0.25) is 4.79 Å². The molecule has 2 aromatic carbocycles. The molecule has 4 nitrogen and oxygen atoms in total. The Morgan fingerprint density at radius 1 is 1.22 bits per heavy atom. The van der Waals surface area contributed by atoms with Crippen molar-refractivity contribution in [1.82, 2.24) is 4.98 Å². The van der Waals surface area contributed by atoms with E-state index < -0.39 is 0 Å². The van der Waals surface area contributed by atoms with Crippen molar-refractivity contribution in [3.63, 3.8) is 0 Å². The molecule has 0 aliphatic heterocycles. The number of hydrogen-bond donors (Lipinski definition) is 2. The summed E-state index contributed by atoms with van der Waals surface area (Å²) in [6.45, 7) is 1.53. The van der Waals surface area contributed by atoms with Gasteiger partial charge in [-0.15, -0.1) is 11.3 Å². The van der Waals surface area contributed by atoms with Crippen LogP contribution in [0, 0.1) is 0 Å². The van der Waals surface area contributed by atoms with E-state index in [1.807, 2.05) is 17.5 Å². The van der Waals surface area contributed by atoms with Crippen LogP contribution in [0.1, 0.15) is 17.3 Å². The van der Waals surface area contributed by atoms with Gasteiger partial charge in [0.05, 0.1) is 5.69 Å². The molecule has 0 fully saturated rings. The summed E-state index contributed by atoms with van der Waals surface area (Å²) in [5.74, 6) is 0.168. The second-order valence-corrected chi connectivity index (χ2v) is 6.25. The van der Waals surface area contributed by atoms with Crippen molar-refractivity contribution in [2.75, 3.05) is 5.32 Å². The van der Waals surface area contributed by atoms with Crippen LogP contribution in [-0.2, 0) is 0 Å². The number of carbonyl (C=O) groups is 1. The van der Waals surface area contributed by atoms with Crippen molar-refractivity contribution < 1.29 is 9.90 Å². The Labute approximate surface area is 142 Å². The number of thiazole rings is 1. The highest BCUT2D eigenvalue weighted by atomic mass is 35.5. The van der Waals surface area contributed by atoms with Gasteiger partial charge in [0.1, 0.15) is 5.75 Å². The predicted octanol–water partition coefficient (Wildman–Crippen LogP) is 5.12. The number of aromatic hydroxyl groups is 1. The first kappa shape index (κ1) is 15.5. The largest absolute Gasteiger partial charge is 0.507 e. The quantitative estimate of drug-likeness (QED) is 0.645. The topological polar surface area (TPSA) is 62.2 Å². The maximum Gasteiger partial charge on any atom is 0.187 e. The molecule has 0 aliphatic rings. The number of Topliss-reactive ketones (excluding diaryl/α,β-unsaturated/α-hetero) is 1. The number of benzene rings is 2. The third kappa shape index (κ3) is 3.52. The van der Waals surface area contributed by atoms with Gasteiger partial charge in [-0.05, 0) is 49.4 Å². The molecule has 1 aromatic heterocycles. The Morgan fingerprint density at radius 3 is 2.65 bits per heavy atom. The Balaban J connectivity index is 1.82. The highest BCUT2D eigenvalue weighted by Gasteiger charge is 2.10. The van der Waals surface area contributed by atoms with E-state index in [1.165, 1.54) is 18.3 Å². The van der Waals surface area contributed by atoms with E-state index in [0.29, 0.717) is 27.0 Å². The summed E-state index contributed by atoms with van der Waals surface area (Å²) in [4.78, 5) is 15.7. The molecular weight excluding hydrogens is 332 g/mol. The zero-order valence-electron chi connectivity index (χ0n) is 12.2. The molecule has 2 N–H and O–H groups in total. The SMILES string of the molecule is CC(=O)c1ccc(Nc2nc(-c3cc(Cl)ccc3O)cs2)cc1. The van der Waals surface area contributed by atoms with Gasteiger partial charge < -0.3 is 10.4 Å². The van der Waals surface area contributed by atoms with E-state index in [-0.39, 0.29) is 11.5 Å². The van der Waals surface area contributed by atoms with Crippen LogP contribution >= 0.6 is 22.9 Å². The number of phenols is 1. The van der Waals surface area contributed by atoms with Crippen LogP contribution in [0.25, 0.3) is 11.3 Å². The number of rotatable bonds is 4. The fourth-order valence-electron chi connectivity index (χ4n) is 2.08. The number of ketones is 1. The maximum atomic E-state index is 11.3. The molecule has 1 heterocycles. The Hall–Kier alpha value is -2.37. The molecule has 0 radical (unpaired) electrons. The van der Waals surface area contributed by atoms with Gasteiger partial charge in [0.15, 0.2) is 10.9 Å². The lowest BCUT2D eigenvalue weighted by molar-refractivity contribution is 0.101. The third-order valence-electron chi connectivity index (χ3n) is 3.28. The third-order valence-corrected chi connectivity index (χ3v) is 4.27. The number of phenolic OH excluding ortho intramolecular Hbond substituents is 1. The average molecular weight is 345 g/mol. The summed E-state index contributed by atoms with van der Waals surface area (Å²) in [5, 5.41) is 16.2. The maximum absolute atomic E-state index is 11.3. The number of anilines is 2. The summed E-state index contributed by atoms with van der Waals surface area (Å²) in [7, 11) is 0. The molecule has 116 valence electrons. The lowest BCUT2D eigenvalue weighted by atomic mass is 10.1. The standard InChI is InChI=1S/C17H13ClN2O2S/c1-10(21)11-2-5-13(6-3-11)19-17-20-15(9-23-17)14-8-12(18)4-7-16(14)22/h2-9,22H,1H3,(H,19,20). The van der Waals surface area contributed by atoms with Crippen LogP contribution in [0.15, 0.2) is 47.8 Å². The molecule has 3 rings (SSSR count). The van der Waals surface area contributed by atoms with Crippen LogP contribution in [-0.4, -0.2) is 15.9 Å². The number of aromatic nitrogens is 1. The van der Waals surface area contributed by atoms with Crippen LogP contribution in [0.2, 0.25) is 5.02 Å². The van der Waals surface area contributed by atoms with Gasteiger partial charge in [0.25, 0.3) is 0 Å². The average Bonchev–Trinajstić information content (AvgIpc) is 2.98. The van der Waals surface area contributed by atoms with Crippen molar-refractivity contribution in [2.45, 2.75) is 6.92 Å². The van der Waals surface area contributed by atoms with Crippen molar-refractivity contribution >= 4 is 39.5 Å². The predicted molar refractivity (Wildman–Crippen MR) is 94.0 cm³/mol. The summed E-state index contributed by atoms with van der Waals surface area (Å²) in [6, 6.07) is 12.0. The minimum atomic E-state index is 0.0320. The second-order valence-electron chi connectivity index (χ2n) is 4.96. The van der Waals surface area contributed by atoms with E-state index >= 15 is 0 Å². The van der Waals surface area contributed by atoms with Gasteiger partial charge in [-0.2, -0.15) is 0 Å². The summed E-state index contributed by atoms with van der Waals surface area (Å²) < 4.78 is 0. The summed E-state index contributed by atoms with van der Waals surface area (Å²) >= 11 is 7.39. The van der Waals surface area contributed by atoms with Crippen LogP contribution in [0.5, 0.6) is 5.75 Å². The Morgan fingerprint density at radius 2 is 1.96 bits per heavy atom. The summed E-state index contributed by atoms with van der Waals surface area (Å²) in [5.41, 5.74) is 2.75. The van der Waals surface area contributed by atoms with Crippen molar-refractivity contribution in [3.8, 4) is 17.0 Å². The van der Waals surface area contributed by atoms with Crippen LogP contribution < -0.4 is 5.32 Å². The second kappa shape index (κ2) is 6.40. The first-order chi connectivity index (χ1) is 11.0. The molecule has 0 spiro atoms. The van der Waals surface area contributed by atoms with Gasteiger partial charge in [0.2, 0.25) is 0 Å². The first-order valence-electron chi connectivity index (χ1n) is 6.85. The fraction of sp³-hybridized carbons (Fsp3) is 0.0588. The number of halogens is 1. The molecule has 0 atom stereocenters. The van der Waals surface area contributed by atoms with E-state index in [2.05, 4.69) is 10.3 Å². The zero-order valence-corrected chi connectivity index (χ0v) is 13.8. The van der Waals surface area contributed by atoms with E-state index in [0.717, 1.165) is 5.69 Å². The molecule has 0 aliphatic carbocycles. The minimum absolute atomic E-state index is 0.0320. The molecule has 6 heteroatoms. The van der Waals surface area contributed by atoms with Gasteiger partial charge >= 0.3 is 0 Å². The first-order valence-corrected chi connectivity index (χ1v) is 8.11. The molecule has 0 bridgehead atoms. The van der Waals surface area contributed by atoms with Gasteiger partial charge in [-0.25, -0.2) is 4.98 Å². The Kier molecular flexibility index (Phi) is 4.32. The molecule has 23 heavy (non-hydrogen) atoms. The zero-order chi connectivity index (χ0) is 16.4. The smallest absolute Gasteiger partial charge is 0.187 e. The normalized spacial score (nSPS) is 10.5. The molecule has 0 unspecified atom stereocenters. The van der Waals surface area contributed by atoms with Gasteiger partial charge in [-0.1, -0.05) is 11.6 Å². The number of carbonyl (C=O) groups excluding carboxylic acids is 1. The Bertz CT molecular complexity index is 859. The number of nitrogens with zero attached hydrogens (tertiary/aromatic N) is 1. The van der Waals surface area contributed by atoms with E-state index in [9.17, 15) is 9.90 Å². The lowest BCUT2D eigenvalue weighted by Crippen LogP contribution is -1.93. The lowest BCUT2D eigenvalue weighted by Gasteiger charge is -2.04.